The van der Waals surface area contributed by atoms with Crippen molar-refractivity contribution in [2.24, 2.45) is 0 Å². The minimum absolute atomic E-state index is 0.212. The van der Waals surface area contributed by atoms with Crippen LogP contribution < -0.4 is 0 Å². The zero-order chi connectivity index (χ0) is 12.5. The molecule has 0 spiro atoms. The Bertz CT molecular complexity index is 346. The molecule has 1 aromatic carbocycles. The molecule has 0 unspecified atom stereocenters. The Hall–Kier alpha value is -1.61. The van der Waals surface area contributed by atoms with Gasteiger partial charge in [0, 0.05) is 0 Å². The first-order valence-corrected chi connectivity index (χ1v) is 5.70. The lowest BCUT2D eigenvalue weighted by molar-refractivity contribution is -0.145. The van der Waals surface area contributed by atoms with Gasteiger partial charge in [-0.3, -0.25) is 4.79 Å². The predicted octanol–water partition coefficient (Wildman–Crippen LogP) is 2.71. The lowest BCUT2D eigenvalue weighted by atomic mass is 10.2. The molecule has 1 atom stereocenters. The van der Waals surface area contributed by atoms with Crippen LogP contribution in [0.25, 0.3) is 0 Å². The van der Waals surface area contributed by atoms with E-state index in [0.717, 1.165) is 5.56 Å². The molecule has 92 valence electrons. The third-order valence-electron chi connectivity index (χ3n) is 2.24. The van der Waals surface area contributed by atoms with Crippen molar-refractivity contribution in [1.29, 1.82) is 0 Å². The molecule has 0 N–H and O–H groups in total. The summed E-state index contributed by atoms with van der Waals surface area (Å²) in [7, 11) is 0. The van der Waals surface area contributed by atoms with Gasteiger partial charge in [0.05, 0.1) is 25.7 Å². The highest BCUT2D eigenvalue weighted by molar-refractivity contribution is 5.70. The number of ether oxygens (including phenoxy) is 2. The van der Waals surface area contributed by atoms with Crippen molar-refractivity contribution in [1.82, 2.24) is 0 Å². The van der Waals surface area contributed by atoms with Crippen LogP contribution in [0.3, 0.4) is 0 Å². The zero-order valence-electron chi connectivity index (χ0n) is 10.1. The minimum Gasteiger partial charge on any atom is -0.466 e. The Balaban J connectivity index is 2.37. The summed E-state index contributed by atoms with van der Waals surface area (Å²) >= 11 is 0. The minimum atomic E-state index is -0.297. The topological polar surface area (TPSA) is 35.5 Å². The average Bonchev–Trinajstić information content (AvgIpc) is 2.36. The first kappa shape index (κ1) is 13.5. The van der Waals surface area contributed by atoms with E-state index >= 15 is 0 Å². The normalized spacial score (nSPS) is 11.8. The van der Waals surface area contributed by atoms with Crippen LogP contribution in [0.2, 0.25) is 0 Å². The molecule has 0 saturated heterocycles. The molecule has 0 bridgehead atoms. The molecule has 3 nitrogen and oxygen atoms in total. The van der Waals surface area contributed by atoms with Gasteiger partial charge in [-0.2, -0.15) is 0 Å². The molecule has 0 aliphatic rings. The van der Waals surface area contributed by atoms with E-state index in [2.05, 4.69) is 6.58 Å². The highest BCUT2D eigenvalue weighted by Gasteiger charge is 2.11. The molecule has 1 rings (SSSR count). The van der Waals surface area contributed by atoms with Crippen LogP contribution in [0.4, 0.5) is 0 Å². The predicted molar refractivity (Wildman–Crippen MR) is 66.5 cm³/mol. The SMILES string of the molecule is C=C[C@@H](CC(=O)OCC)OCc1ccccc1. The van der Waals surface area contributed by atoms with Gasteiger partial charge in [0.1, 0.15) is 0 Å². The van der Waals surface area contributed by atoms with Crippen LogP contribution in [-0.4, -0.2) is 18.7 Å². The summed E-state index contributed by atoms with van der Waals surface area (Å²) in [6.07, 6.45) is 1.54. The summed E-state index contributed by atoms with van der Waals surface area (Å²) in [5, 5.41) is 0. The lowest BCUT2D eigenvalue weighted by Crippen LogP contribution is -2.17. The van der Waals surface area contributed by atoms with Crippen LogP contribution in [0.15, 0.2) is 43.0 Å². The highest BCUT2D eigenvalue weighted by Crippen LogP contribution is 2.07. The van der Waals surface area contributed by atoms with E-state index in [-0.39, 0.29) is 18.5 Å². The van der Waals surface area contributed by atoms with Crippen molar-refractivity contribution in [3.63, 3.8) is 0 Å². The van der Waals surface area contributed by atoms with Crippen LogP contribution >= 0.6 is 0 Å². The number of carbonyl (C=O) groups is 1. The van der Waals surface area contributed by atoms with Crippen molar-refractivity contribution >= 4 is 5.97 Å². The molecule has 0 saturated carbocycles. The quantitative estimate of drug-likeness (QED) is 0.537. The van der Waals surface area contributed by atoms with Crippen LogP contribution in [0.1, 0.15) is 18.9 Å². The summed E-state index contributed by atoms with van der Waals surface area (Å²) in [5.74, 6) is -0.259. The highest BCUT2D eigenvalue weighted by atomic mass is 16.5. The number of hydrogen-bond donors (Lipinski definition) is 0. The number of benzene rings is 1. The molecule has 1 aromatic rings. The van der Waals surface area contributed by atoms with E-state index < -0.39 is 0 Å². The van der Waals surface area contributed by atoms with Gasteiger partial charge in [-0.15, -0.1) is 6.58 Å². The molecule has 0 aliphatic carbocycles. The molecule has 0 fully saturated rings. The number of carbonyl (C=O) groups excluding carboxylic acids is 1. The molecule has 0 aliphatic heterocycles. The smallest absolute Gasteiger partial charge is 0.308 e. The Morgan fingerprint density at radius 1 is 1.41 bits per heavy atom. The van der Waals surface area contributed by atoms with Gasteiger partial charge in [0.15, 0.2) is 0 Å². The largest absolute Gasteiger partial charge is 0.466 e. The summed E-state index contributed by atoms with van der Waals surface area (Å²) in [5.41, 5.74) is 1.07. The third kappa shape index (κ3) is 5.31. The fourth-order valence-electron chi connectivity index (χ4n) is 1.37. The third-order valence-corrected chi connectivity index (χ3v) is 2.24. The van der Waals surface area contributed by atoms with Crippen LogP contribution in [0, 0.1) is 0 Å². The first-order chi connectivity index (χ1) is 8.26. The van der Waals surface area contributed by atoms with E-state index in [4.69, 9.17) is 9.47 Å². The summed E-state index contributed by atoms with van der Waals surface area (Å²) in [4.78, 5) is 11.3. The van der Waals surface area contributed by atoms with Crippen molar-refractivity contribution in [2.45, 2.75) is 26.1 Å². The molecule has 0 heterocycles. The maximum atomic E-state index is 11.3. The molecular weight excluding hydrogens is 216 g/mol. The number of hydrogen-bond acceptors (Lipinski definition) is 3. The second-order valence-corrected chi connectivity index (χ2v) is 3.58. The van der Waals surface area contributed by atoms with Gasteiger partial charge in [0.2, 0.25) is 0 Å². The maximum Gasteiger partial charge on any atom is 0.308 e. The molecular formula is C14H18O3. The maximum absolute atomic E-state index is 11.3. The molecule has 3 heteroatoms. The van der Waals surface area contributed by atoms with Gasteiger partial charge in [0.25, 0.3) is 0 Å². The second-order valence-electron chi connectivity index (χ2n) is 3.58. The number of esters is 1. The van der Waals surface area contributed by atoms with Crippen molar-refractivity contribution in [3.8, 4) is 0 Å². The standard InChI is InChI=1S/C14H18O3/c1-3-13(10-14(15)16-4-2)17-11-12-8-6-5-7-9-12/h3,5-9,13H,1,4,10-11H2,2H3/t13-/m0/s1. The van der Waals surface area contributed by atoms with E-state index in [0.29, 0.717) is 13.2 Å². The van der Waals surface area contributed by atoms with Crippen molar-refractivity contribution in [2.75, 3.05) is 6.61 Å². The van der Waals surface area contributed by atoms with E-state index in [9.17, 15) is 4.79 Å². The molecule has 0 aromatic heterocycles. The molecule has 0 radical (unpaired) electrons. The Morgan fingerprint density at radius 3 is 2.71 bits per heavy atom. The lowest BCUT2D eigenvalue weighted by Gasteiger charge is -2.13. The van der Waals surface area contributed by atoms with Crippen molar-refractivity contribution < 1.29 is 14.3 Å². The Kier molecular flexibility index (Phi) is 6.04. The van der Waals surface area contributed by atoms with Crippen LogP contribution in [0.5, 0.6) is 0 Å². The Labute approximate surface area is 102 Å². The van der Waals surface area contributed by atoms with Crippen LogP contribution in [-0.2, 0) is 20.9 Å². The first-order valence-electron chi connectivity index (χ1n) is 5.70. The number of rotatable bonds is 7. The van der Waals surface area contributed by atoms with Gasteiger partial charge >= 0.3 is 5.97 Å². The van der Waals surface area contributed by atoms with Gasteiger partial charge < -0.3 is 9.47 Å². The summed E-state index contributed by atoms with van der Waals surface area (Å²) < 4.78 is 10.4. The monoisotopic (exact) mass is 234 g/mol. The molecule has 17 heavy (non-hydrogen) atoms. The summed E-state index contributed by atoms with van der Waals surface area (Å²) in [6.45, 7) is 6.30. The molecule has 0 amide bonds. The second kappa shape index (κ2) is 7.63. The fourth-order valence-corrected chi connectivity index (χ4v) is 1.37. The van der Waals surface area contributed by atoms with E-state index in [1.54, 1.807) is 13.0 Å². The Morgan fingerprint density at radius 2 is 2.12 bits per heavy atom. The van der Waals surface area contributed by atoms with Crippen molar-refractivity contribution in [3.05, 3.63) is 48.6 Å². The van der Waals surface area contributed by atoms with E-state index in [1.165, 1.54) is 0 Å². The van der Waals surface area contributed by atoms with E-state index in [1.807, 2.05) is 30.3 Å². The van der Waals surface area contributed by atoms with Gasteiger partial charge in [-0.05, 0) is 12.5 Å². The zero-order valence-corrected chi connectivity index (χ0v) is 10.1. The van der Waals surface area contributed by atoms with Gasteiger partial charge in [-0.1, -0.05) is 36.4 Å². The fraction of sp³-hybridized carbons (Fsp3) is 0.357. The summed E-state index contributed by atoms with van der Waals surface area (Å²) in [6, 6.07) is 9.81. The van der Waals surface area contributed by atoms with Gasteiger partial charge in [-0.25, -0.2) is 0 Å². The average molecular weight is 234 g/mol.